The van der Waals surface area contributed by atoms with Crippen LogP contribution in [0.2, 0.25) is 0 Å². The average Bonchev–Trinajstić information content (AvgIpc) is 2.38. The van der Waals surface area contributed by atoms with Gasteiger partial charge in [-0.25, -0.2) is 8.42 Å². The SMILES string of the molecule is C=CCN(CC(N)=O)S(=O)(=O)Cc1cccc(OCC)c1. The molecule has 0 bridgehead atoms. The fraction of sp³-hybridized carbons (Fsp3) is 0.357. The number of rotatable bonds is 9. The van der Waals surface area contributed by atoms with E-state index in [4.69, 9.17) is 10.5 Å². The number of amides is 1. The Morgan fingerprint density at radius 2 is 2.19 bits per heavy atom. The Balaban J connectivity index is 2.93. The molecule has 2 N–H and O–H groups in total. The van der Waals surface area contributed by atoms with Gasteiger partial charge in [-0.1, -0.05) is 18.2 Å². The fourth-order valence-corrected chi connectivity index (χ4v) is 3.23. The number of nitrogens with zero attached hydrogens (tertiary/aromatic N) is 1. The van der Waals surface area contributed by atoms with Crippen molar-refractivity contribution in [1.82, 2.24) is 4.31 Å². The minimum Gasteiger partial charge on any atom is -0.494 e. The molecule has 1 aromatic rings. The van der Waals surface area contributed by atoms with Crippen molar-refractivity contribution >= 4 is 15.9 Å². The van der Waals surface area contributed by atoms with Gasteiger partial charge < -0.3 is 10.5 Å². The second kappa shape index (κ2) is 7.80. The molecule has 0 saturated carbocycles. The second-order valence-electron chi connectivity index (χ2n) is 4.38. The molecule has 0 aliphatic heterocycles. The van der Waals surface area contributed by atoms with Crippen LogP contribution >= 0.6 is 0 Å². The Kier molecular flexibility index (Phi) is 6.39. The van der Waals surface area contributed by atoms with Crippen molar-refractivity contribution in [3.8, 4) is 5.75 Å². The van der Waals surface area contributed by atoms with E-state index in [1.807, 2.05) is 6.92 Å². The van der Waals surface area contributed by atoms with Crippen LogP contribution in [0, 0.1) is 0 Å². The molecule has 0 fully saturated rings. The van der Waals surface area contributed by atoms with Crippen LogP contribution in [0.15, 0.2) is 36.9 Å². The molecular formula is C14H20N2O4S. The molecule has 0 saturated heterocycles. The first kappa shape index (κ1) is 17.2. The number of carbonyl (C=O) groups is 1. The molecule has 0 atom stereocenters. The standard InChI is InChI=1S/C14H20N2O4S/c1-3-8-16(10-14(15)17)21(18,19)11-12-6-5-7-13(9-12)20-4-2/h3,5-7,9H,1,4,8,10-11H2,2H3,(H2,15,17). The summed E-state index contributed by atoms with van der Waals surface area (Å²) in [6, 6.07) is 6.83. The quantitative estimate of drug-likeness (QED) is 0.686. The predicted molar refractivity (Wildman–Crippen MR) is 81.2 cm³/mol. The molecule has 0 aliphatic carbocycles. The maximum atomic E-state index is 12.3. The van der Waals surface area contributed by atoms with Crippen molar-refractivity contribution in [1.29, 1.82) is 0 Å². The molecule has 0 aromatic heterocycles. The van der Waals surface area contributed by atoms with Crippen molar-refractivity contribution in [2.45, 2.75) is 12.7 Å². The lowest BCUT2D eigenvalue weighted by Gasteiger charge is -2.19. The zero-order valence-corrected chi connectivity index (χ0v) is 12.8. The summed E-state index contributed by atoms with van der Waals surface area (Å²) in [5, 5.41) is 0. The lowest BCUT2D eigenvalue weighted by molar-refractivity contribution is -0.118. The van der Waals surface area contributed by atoms with Gasteiger partial charge in [-0.3, -0.25) is 4.79 Å². The Bertz CT molecular complexity index is 599. The van der Waals surface area contributed by atoms with Crippen LogP contribution in [0.25, 0.3) is 0 Å². The minimum atomic E-state index is -3.66. The van der Waals surface area contributed by atoms with Crippen LogP contribution in [0.5, 0.6) is 5.75 Å². The Hall–Kier alpha value is -1.86. The van der Waals surface area contributed by atoms with Crippen LogP contribution in [-0.4, -0.2) is 38.3 Å². The average molecular weight is 312 g/mol. The molecule has 0 aliphatic rings. The van der Waals surface area contributed by atoms with Crippen LogP contribution in [0.1, 0.15) is 12.5 Å². The van der Waals surface area contributed by atoms with Gasteiger partial charge in [0.25, 0.3) is 0 Å². The number of nitrogens with two attached hydrogens (primary N) is 1. The molecule has 1 rings (SSSR count). The van der Waals surface area contributed by atoms with Crippen molar-refractivity contribution in [3.63, 3.8) is 0 Å². The molecular weight excluding hydrogens is 292 g/mol. The number of sulfonamides is 1. The summed E-state index contributed by atoms with van der Waals surface area (Å²) >= 11 is 0. The van der Waals surface area contributed by atoms with Gasteiger partial charge in [-0.2, -0.15) is 4.31 Å². The highest BCUT2D eigenvalue weighted by Crippen LogP contribution is 2.17. The second-order valence-corrected chi connectivity index (χ2v) is 6.35. The molecule has 0 spiro atoms. The minimum absolute atomic E-state index is 0.0381. The Labute approximate surface area is 125 Å². The monoisotopic (exact) mass is 312 g/mol. The molecule has 0 heterocycles. The highest BCUT2D eigenvalue weighted by atomic mass is 32.2. The van der Waals surface area contributed by atoms with E-state index in [1.165, 1.54) is 6.08 Å². The van der Waals surface area contributed by atoms with Crippen molar-refractivity contribution in [2.24, 2.45) is 5.73 Å². The third kappa shape index (κ3) is 5.57. The molecule has 21 heavy (non-hydrogen) atoms. The van der Waals surface area contributed by atoms with E-state index in [-0.39, 0.29) is 18.8 Å². The molecule has 116 valence electrons. The van der Waals surface area contributed by atoms with E-state index >= 15 is 0 Å². The van der Waals surface area contributed by atoms with Gasteiger partial charge >= 0.3 is 0 Å². The lowest BCUT2D eigenvalue weighted by Crippen LogP contribution is -2.39. The smallest absolute Gasteiger partial charge is 0.232 e. The lowest BCUT2D eigenvalue weighted by atomic mass is 10.2. The third-order valence-electron chi connectivity index (χ3n) is 2.62. The van der Waals surface area contributed by atoms with E-state index in [0.717, 1.165) is 4.31 Å². The summed E-state index contributed by atoms with van der Waals surface area (Å²) in [4.78, 5) is 11.0. The van der Waals surface area contributed by atoms with Crippen LogP contribution < -0.4 is 10.5 Å². The first-order valence-electron chi connectivity index (χ1n) is 6.47. The van der Waals surface area contributed by atoms with Gasteiger partial charge in [0.15, 0.2) is 0 Å². The van der Waals surface area contributed by atoms with Gasteiger partial charge in [-0.15, -0.1) is 6.58 Å². The van der Waals surface area contributed by atoms with Crippen LogP contribution in [-0.2, 0) is 20.6 Å². The summed E-state index contributed by atoms with van der Waals surface area (Å²) in [5.41, 5.74) is 5.66. The van der Waals surface area contributed by atoms with E-state index in [2.05, 4.69) is 6.58 Å². The number of ether oxygens (including phenoxy) is 1. The summed E-state index contributed by atoms with van der Waals surface area (Å²) < 4.78 is 31.0. The first-order chi connectivity index (χ1) is 9.89. The van der Waals surface area contributed by atoms with Gasteiger partial charge in [0.05, 0.1) is 18.9 Å². The molecule has 0 unspecified atom stereocenters. The Morgan fingerprint density at radius 3 is 2.76 bits per heavy atom. The van der Waals surface area contributed by atoms with E-state index < -0.39 is 15.9 Å². The third-order valence-corrected chi connectivity index (χ3v) is 4.38. The highest BCUT2D eigenvalue weighted by molar-refractivity contribution is 7.88. The molecule has 6 nitrogen and oxygen atoms in total. The predicted octanol–water partition coefficient (Wildman–Crippen LogP) is 0.888. The molecule has 7 heteroatoms. The number of primary amides is 1. The molecule has 1 aromatic carbocycles. The number of carbonyl (C=O) groups excluding carboxylic acids is 1. The molecule has 1 amide bonds. The van der Waals surface area contributed by atoms with E-state index in [0.29, 0.717) is 17.9 Å². The summed E-state index contributed by atoms with van der Waals surface area (Å²) in [6.07, 6.45) is 1.41. The normalized spacial score (nSPS) is 11.3. The number of hydrogen-bond donors (Lipinski definition) is 1. The maximum Gasteiger partial charge on any atom is 0.232 e. The summed E-state index contributed by atoms with van der Waals surface area (Å²) in [5.74, 6) is -0.325. The van der Waals surface area contributed by atoms with Gasteiger partial charge in [0.1, 0.15) is 5.75 Å². The van der Waals surface area contributed by atoms with Gasteiger partial charge in [-0.05, 0) is 24.6 Å². The van der Waals surface area contributed by atoms with Crippen molar-refractivity contribution in [2.75, 3.05) is 19.7 Å². The number of hydrogen-bond acceptors (Lipinski definition) is 4. The number of benzene rings is 1. The van der Waals surface area contributed by atoms with Gasteiger partial charge in [0.2, 0.25) is 15.9 Å². The van der Waals surface area contributed by atoms with E-state index in [1.54, 1.807) is 24.3 Å². The molecule has 0 radical (unpaired) electrons. The van der Waals surface area contributed by atoms with Crippen LogP contribution in [0.3, 0.4) is 0 Å². The van der Waals surface area contributed by atoms with Crippen LogP contribution in [0.4, 0.5) is 0 Å². The largest absolute Gasteiger partial charge is 0.494 e. The van der Waals surface area contributed by atoms with Gasteiger partial charge in [0, 0.05) is 6.54 Å². The summed E-state index contributed by atoms with van der Waals surface area (Å²) in [7, 11) is -3.66. The van der Waals surface area contributed by atoms with E-state index in [9.17, 15) is 13.2 Å². The zero-order valence-electron chi connectivity index (χ0n) is 12.0. The first-order valence-corrected chi connectivity index (χ1v) is 8.08. The zero-order chi connectivity index (χ0) is 15.9. The maximum absolute atomic E-state index is 12.3. The fourth-order valence-electron chi connectivity index (χ4n) is 1.79. The van der Waals surface area contributed by atoms with Crippen molar-refractivity contribution in [3.05, 3.63) is 42.5 Å². The highest BCUT2D eigenvalue weighted by Gasteiger charge is 2.23. The topological polar surface area (TPSA) is 89.7 Å². The summed E-state index contributed by atoms with van der Waals surface area (Å²) in [6.45, 7) is 5.51. The Morgan fingerprint density at radius 1 is 1.48 bits per heavy atom. The van der Waals surface area contributed by atoms with Crippen molar-refractivity contribution < 1.29 is 17.9 Å².